The number of likely N-dealkylation sites (N-methyl/N-ethyl adjacent to an activating group) is 1. The molecular formula is C21H30N3OS+. The van der Waals surface area contributed by atoms with Crippen LogP contribution in [0, 0.1) is 0 Å². The summed E-state index contributed by atoms with van der Waals surface area (Å²) in [7, 11) is 1.67. The molecule has 5 heteroatoms. The predicted octanol–water partition coefficient (Wildman–Crippen LogP) is 2.33. The molecule has 1 atom stereocenters. The summed E-state index contributed by atoms with van der Waals surface area (Å²) in [5, 5.41) is 7.37. The van der Waals surface area contributed by atoms with Gasteiger partial charge in [-0.15, -0.1) is 0 Å². The molecule has 0 spiro atoms. The van der Waals surface area contributed by atoms with Gasteiger partial charge >= 0.3 is 0 Å². The Balaban J connectivity index is 1.89. The van der Waals surface area contributed by atoms with Gasteiger partial charge in [0.25, 0.3) is 0 Å². The van der Waals surface area contributed by atoms with Gasteiger partial charge in [0.15, 0.2) is 5.11 Å². The lowest BCUT2D eigenvalue weighted by atomic mass is 10.1. The molecule has 0 bridgehead atoms. The average Bonchev–Trinajstić information content (AvgIpc) is 2.70. The first kappa shape index (κ1) is 20.2. The maximum atomic E-state index is 5.47. The van der Waals surface area contributed by atoms with Crippen LogP contribution in [0.25, 0.3) is 0 Å². The van der Waals surface area contributed by atoms with Crippen molar-refractivity contribution in [2.24, 2.45) is 0 Å². The minimum Gasteiger partial charge on any atom is -0.497 e. The van der Waals surface area contributed by atoms with Crippen molar-refractivity contribution >= 4 is 17.3 Å². The van der Waals surface area contributed by atoms with Crippen molar-refractivity contribution in [2.75, 3.05) is 26.7 Å². The molecule has 26 heavy (non-hydrogen) atoms. The minimum absolute atomic E-state index is 0.381. The Bertz CT molecular complexity index is 657. The van der Waals surface area contributed by atoms with E-state index in [4.69, 9.17) is 17.0 Å². The van der Waals surface area contributed by atoms with Crippen LogP contribution >= 0.6 is 12.2 Å². The van der Waals surface area contributed by atoms with Crippen LogP contribution in [0.4, 0.5) is 0 Å². The fraction of sp³-hybridized carbons (Fsp3) is 0.381. The van der Waals surface area contributed by atoms with Crippen molar-refractivity contribution in [1.82, 2.24) is 10.6 Å². The average molecular weight is 373 g/mol. The van der Waals surface area contributed by atoms with Gasteiger partial charge in [-0.2, -0.15) is 0 Å². The first-order valence-corrected chi connectivity index (χ1v) is 9.62. The summed E-state index contributed by atoms with van der Waals surface area (Å²) in [6, 6.07) is 19.1. The first-order valence-electron chi connectivity index (χ1n) is 9.22. The summed E-state index contributed by atoms with van der Waals surface area (Å²) in [4.78, 5) is 1.54. The number of methoxy groups -OCH3 is 1. The molecule has 2 rings (SSSR count). The molecular weight excluding hydrogens is 342 g/mol. The Morgan fingerprint density at radius 2 is 1.65 bits per heavy atom. The fourth-order valence-corrected chi connectivity index (χ4v) is 3.26. The van der Waals surface area contributed by atoms with E-state index >= 15 is 0 Å². The maximum Gasteiger partial charge on any atom is 0.166 e. The van der Waals surface area contributed by atoms with Gasteiger partial charge in [-0.1, -0.05) is 42.5 Å². The van der Waals surface area contributed by atoms with Gasteiger partial charge in [0.1, 0.15) is 11.8 Å². The lowest BCUT2D eigenvalue weighted by molar-refractivity contribution is -0.927. The van der Waals surface area contributed by atoms with Gasteiger partial charge in [-0.25, -0.2) is 0 Å². The van der Waals surface area contributed by atoms with Crippen molar-refractivity contribution in [3.05, 3.63) is 65.7 Å². The molecule has 0 radical (unpaired) electrons. The third-order valence-corrected chi connectivity index (χ3v) is 4.97. The maximum absolute atomic E-state index is 5.47. The highest BCUT2D eigenvalue weighted by atomic mass is 32.1. The summed E-state index contributed by atoms with van der Waals surface area (Å²) < 4.78 is 5.18. The van der Waals surface area contributed by atoms with E-state index in [0.29, 0.717) is 17.7 Å². The van der Waals surface area contributed by atoms with Gasteiger partial charge < -0.3 is 20.3 Å². The fourth-order valence-electron chi connectivity index (χ4n) is 3.11. The molecule has 0 unspecified atom stereocenters. The first-order chi connectivity index (χ1) is 12.7. The lowest BCUT2D eigenvalue weighted by Crippen LogP contribution is -3.12. The highest BCUT2D eigenvalue weighted by Crippen LogP contribution is 2.11. The molecule has 0 aliphatic heterocycles. The van der Waals surface area contributed by atoms with Gasteiger partial charge in [-0.05, 0) is 43.8 Å². The molecule has 0 saturated heterocycles. The largest absolute Gasteiger partial charge is 0.497 e. The normalized spacial score (nSPS) is 11.8. The molecule has 4 nitrogen and oxygen atoms in total. The molecule has 0 amide bonds. The van der Waals surface area contributed by atoms with Crippen molar-refractivity contribution < 1.29 is 9.64 Å². The smallest absolute Gasteiger partial charge is 0.166 e. The zero-order valence-corrected chi connectivity index (χ0v) is 16.7. The van der Waals surface area contributed by atoms with E-state index in [2.05, 4.69) is 54.8 Å². The number of thiocarbonyl (C=S) groups is 1. The minimum atomic E-state index is 0.381. The number of hydrogen-bond donors (Lipinski definition) is 3. The number of rotatable bonds is 9. The van der Waals surface area contributed by atoms with Crippen LogP contribution in [0.3, 0.4) is 0 Å². The van der Waals surface area contributed by atoms with Gasteiger partial charge in [0.2, 0.25) is 0 Å². The van der Waals surface area contributed by atoms with E-state index in [0.717, 1.165) is 25.4 Å². The van der Waals surface area contributed by atoms with E-state index in [1.54, 1.807) is 12.0 Å². The van der Waals surface area contributed by atoms with E-state index in [1.165, 1.54) is 11.1 Å². The highest BCUT2D eigenvalue weighted by molar-refractivity contribution is 7.80. The van der Waals surface area contributed by atoms with Crippen molar-refractivity contribution in [1.29, 1.82) is 0 Å². The topological polar surface area (TPSA) is 37.7 Å². The number of ether oxygens (including phenoxy) is 1. The third-order valence-electron chi connectivity index (χ3n) is 4.68. The number of nitrogens with one attached hydrogen (secondary N) is 3. The monoisotopic (exact) mass is 372 g/mol. The second kappa shape index (κ2) is 10.8. The van der Waals surface area contributed by atoms with E-state index < -0.39 is 0 Å². The second-order valence-corrected chi connectivity index (χ2v) is 6.65. The van der Waals surface area contributed by atoms with E-state index in [-0.39, 0.29) is 0 Å². The number of benzene rings is 2. The summed E-state index contributed by atoms with van der Waals surface area (Å²) in [6.45, 7) is 8.15. The molecule has 0 aliphatic carbocycles. The van der Waals surface area contributed by atoms with E-state index in [1.807, 2.05) is 24.3 Å². The Labute approximate surface area is 162 Å². The standard InChI is InChI=1S/C21H29N3OS/c1-4-24(5-2)20(18-9-7-6-8-10-18)16-23-21(26)22-15-17-11-13-19(25-3)14-12-17/h6-14,20H,4-5,15-16H2,1-3H3,(H2,22,23,26)/p+1/t20-/m0/s1. The molecule has 0 fully saturated rings. The number of hydrogen-bond acceptors (Lipinski definition) is 2. The van der Waals surface area contributed by atoms with Crippen molar-refractivity contribution in [3.63, 3.8) is 0 Å². The quantitative estimate of drug-likeness (QED) is 0.591. The summed E-state index contributed by atoms with van der Waals surface area (Å²) >= 11 is 5.47. The van der Waals surface area contributed by atoms with Crippen LogP contribution in [0.5, 0.6) is 5.75 Å². The Morgan fingerprint density at radius 3 is 2.23 bits per heavy atom. The predicted molar refractivity (Wildman–Crippen MR) is 112 cm³/mol. The van der Waals surface area contributed by atoms with Gasteiger partial charge in [-0.3, -0.25) is 0 Å². The Morgan fingerprint density at radius 1 is 1.00 bits per heavy atom. The van der Waals surface area contributed by atoms with Crippen LogP contribution in [0.1, 0.15) is 31.0 Å². The van der Waals surface area contributed by atoms with Crippen LogP contribution in [0.2, 0.25) is 0 Å². The summed E-state index contributed by atoms with van der Waals surface area (Å²) in [6.07, 6.45) is 0. The molecule has 0 heterocycles. The Kier molecular flexibility index (Phi) is 8.38. The summed E-state index contributed by atoms with van der Waals surface area (Å²) in [5.41, 5.74) is 2.51. The molecule has 0 aromatic heterocycles. The molecule has 0 saturated carbocycles. The molecule has 3 N–H and O–H groups in total. The SMILES string of the molecule is CC[NH+](CC)[C@@H](CNC(=S)NCc1ccc(OC)cc1)c1ccccc1. The van der Waals surface area contributed by atoms with Crippen LogP contribution in [0.15, 0.2) is 54.6 Å². The molecule has 2 aromatic carbocycles. The molecule has 140 valence electrons. The van der Waals surface area contributed by atoms with Crippen LogP contribution in [-0.4, -0.2) is 31.9 Å². The third kappa shape index (κ3) is 6.00. The summed E-state index contributed by atoms with van der Waals surface area (Å²) in [5.74, 6) is 0.863. The zero-order chi connectivity index (χ0) is 18.8. The Hall–Kier alpha value is -2.11. The second-order valence-electron chi connectivity index (χ2n) is 6.24. The van der Waals surface area contributed by atoms with Crippen molar-refractivity contribution in [3.8, 4) is 5.75 Å². The van der Waals surface area contributed by atoms with E-state index in [9.17, 15) is 0 Å². The van der Waals surface area contributed by atoms with Gasteiger partial charge in [0, 0.05) is 12.1 Å². The highest BCUT2D eigenvalue weighted by Gasteiger charge is 2.21. The van der Waals surface area contributed by atoms with Gasteiger partial charge in [0.05, 0.1) is 26.7 Å². The molecule has 0 aliphatic rings. The van der Waals surface area contributed by atoms with Crippen molar-refractivity contribution in [2.45, 2.75) is 26.4 Å². The number of quaternary nitrogens is 1. The lowest BCUT2D eigenvalue weighted by Gasteiger charge is -2.27. The molecule has 2 aromatic rings. The van der Waals surface area contributed by atoms with Crippen LogP contribution < -0.4 is 20.3 Å². The van der Waals surface area contributed by atoms with Crippen LogP contribution in [-0.2, 0) is 6.54 Å². The zero-order valence-electron chi connectivity index (χ0n) is 15.9.